The molecule has 1 aromatic heterocycles. The fourth-order valence-corrected chi connectivity index (χ4v) is 3.83. The van der Waals surface area contributed by atoms with E-state index in [1.54, 1.807) is 18.0 Å². The minimum Gasteiger partial charge on any atom is -0.465 e. The van der Waals surface area contributed by atoms with Crippen molar-refractivity contribution < 1.29 is 23.8 Å². The highest BCUT2D eigenvalue weighted by atomic mass is 35.5. The van der Waals surface area contributed by atoms with E-state index in [0.29, 0.717) is 57.9 Å². The number of aromatic nitrogens is 1. The Morgan fingerprint density at radius 3 is 2.38 bits per heavy atom. The molecule has 1 heterocycles. The molecule has 2 aromatic rings. The number of halogens is 1. The van der Waals surface area contributed by atoms with E-state index in [1.807, 2.05) is 38.1 Å². The summed E-state index contributed by atoms with van der Waals surface area (Å²) < 4.78 is 16.1. The molecular formula is C26H40ClN5O5. The lowest BCUT2D eigenvalue weighted by Crippen LogP contribution is -2.42. The normalized spacial score (nSPS) is 11.3. The van der Waals surface area contributed by atoms with Crippen LogP contribution in [0.1, 0.15) is 27.2 Å². The Kier molecular flexibility index (Phi) is 14.8. The number of hydrogen-bond donors (Lipinski definition) is 2. The predicted octanol–water partition coefficient (Wildman–Crippen LogP) is 2.96. The van der Waals surface area contributed by atoms with Crippen molar-refractivity contribution in [1.29, 1.82) is 0 Å². The molecule has 10 nitrogen and oxygen atoms in total. The number of rotatable bonds is 19. The van der Waals surface area contributed by atoms with Gasteiger partial charge in [0.2, 0.25) is 5.91 Å². The van der Waals surface area contributed by atoms with Crippen molar-refractivity contribution in [3.63, 3.8) is 0 Å². The van der Waals surface area contributed by atoms with Crippen LogP contribution in [0.3, 0.4) is 0 Å². The van der Waals surface area contributed by atoms with Crippen molar-refractivity contribution in [3.05, 3.63) is 35.5 Å². The smallest absolute Gasteiger partial charge is 0.320 e. The Balaban J connectivity index is 1.82. The molecule has 0 radical (unpaired) electrons. The number of carbonyl (C=O) groups is 2. The average molecular weight is 538 g/mol. The Bertz CT molecular complexity index is 956. The van der Waals surface area contributed by atoms with Gasteiger partial charge < -0.3 is 24.8 Å². The van der Waals surface area contributed by atoms with Gasteiger partial charge >= 0.3 is 5.97 Å². The zero-order chi connectivity index (χ0) is 26.9. The van der Waals surface area contributed by atoms with Gasteiger partial charge in [-0.05, 0) is 51.5 Å². The second-order valence-electron chi connectivity index (χ2n) is 8.30. The Labute approximate surface area is 224 Å². The van der Waals surface area contributed by atoms with Crippen molar-refractivity contribution in [2.75, 3.05) is 77.9 Å². The summed E-state index contributed by atoms with van der Waals surface area (Å²) in [7, 11) is 0. The van der Waals surface area contributed by atoms with Gasteiger partial charge in [-0.3, -0.25) is 24.4 Å². The molecule has 1 aromatic carbocycles. The maximum Gasteiger partial charge on any atom is 0.320 e. The first kappa shape index (κ1) is 30.7. The average Bonchev–Trinajstić information content (AvgIpc) is 2.87. The number of nitrogens with zero attached hydrogens (tertiary/aromatic N) is 3. The van der Waals surface area contributed by atoms with Crippen LogP contribution in [-0.4, -0.2) is 99.2 Å². The van der Waals surface area contributed by atoms with Crippen LogP contribution in [0.25, 0.3) is 10.9 Å². The van der Waals surface area contributed by atoms with Crippen molar-refractivity contribution in [1.82, 2.24) is 20.1 Å². The lowest BCUT2D eigenvalue weighted by atomic mass is 10.2. The van der Waals surface area contributed by atoms with Crippen LogP contribution in [-0.2, 0) is 23.8 Å². The van der Waals surface area contributed by atoms with E-state index in [0.717, 1.165) is 29.6 Å². The lowest BCUT2D eigenvalue weighted by Gasteiger charge is -2.24. The second-order valence-corrected chi connectivity index (χ2v) is 8.74. The first-order chi connectivity index (χ1) is 18.0. The van der Waals surface area contributed by atoms with Crippen LogP contribution >= 0.6 is 11.6 Å². The molecule has 0 atom stereocenters. The first-order valence-corrected chi connectivity index (χ1v) is 13.1. The zero-order valence-electron chi connectivity index (χ0n) is 22.1. The number of esters is 1. The van der Waals surface area contributed by atoms with E-state index in [1.165, 1.54) is 0 Å². The maximum absolute atomic E-state index is 12.6. The highest BCUT2D eigenvalue weighted by Gasteiger charge is 2.16. The maximum atomic E-state index is 12.6. The quantitative estimate of drug-likeness (QED) is 0.159. The second kappa shape index (κ2) is 17.9. The Morgan fingerprint density at radius 2 is 1.68 bits per heavy atom. The number of nitrogens with one attached hydrogen (secondary N) is 2. The first-order valence-electron chi connectivity index (χ1n) is 12.8. The van der Waals surface area contributed by atoms with Gasteiger partial charge in [0, 0.05) is 61.7 Å². The van der Waals surface area contributed by atoms with E-state index in [9.17, 15) is 9.59 Å². The van der Waals surface area contributed by atoms with Crippen LogP contribution in [0.4, 0.5) is 5.69 Å². The molecule has 0 aliphatic heterocycles. The standard InChI is InChI=1S/C26H40ClN5O5/c1-4-35-19-32(20-36-5-2)15-7-14-31(18-26(34)37-6-3)17-25(33)30-13-12-29-23-10-11-28-24-16-21(27)8-9-22(23)24/h8-11,16H,4-7,12-15,17-20H2,1-3H3,(H,28,29)(H,30,33). The summed E-state index contributed by atoms with van der Waals surface area (Å²) >= 11 is 6.06. The highest BCUT2D eigenvalue weighted by Crippen LogP contribution is 2.24. The molecule has 0 saturated heterocycles. The Morgan fingerprint density at radius 1 is 0.946 bits per heavy atom. The number of anilines is 1. The van der Waals surface area contributed by atoms with Gasteiger partial charge in [0.1, 0.15) is 13.5 Å². The molecule has 0 fully saturated rings. The fourth-order valence-electron chi connectivity index (χ4n) is 3.66. The molecule has 206 valence electrons. The van der Waals surface area contributed by atoms with E-state index in [2.05, 4.69) is 20.5 Å². The van der Waals surface area contributed by atoms with Crippen molar-refractivity contribution >= 4 is 40.1 Å². The third-order valence-electron chi connectivity index (χ3n) is 5.40. The number of ether oxygens (including phenoxy) is 3. The van der Waals surface area contributed by atoms with Crippen LogP contribution in [0.2, 0.25) is 5.02 Å². The number of hydrogen-bond acceptors (Lipinski definition) is 9. The molecule has 0 aliphatic carbocycles. The monoisotopic (exact) mass is 537 g/mol. The minimum atomic E-state index is -0.345. The van der Waals surface area contributed by atoms with Gasteiger partial charge in [-0.1, -0.05) is 11.6 Å². The molecule has 0 aliphatic rings. The van der Waals surface area contributed by atoms with Gasteiger partial charge in [-0.2, -0.15) is 0 Å². The van der Waals surface area contributed by atoms with E-state index in [-0.39, 0.29) is 25.0 Å². The molecule has 2 rings (SSSR count). The van der Waals surface area contributed by atoms with Gasteiger partial charge in [-0.15, -0.1) is 0 Å². The predicted molar refractivity (Wildman–Crippen MR) is 146 cm³/mol. The van der Waals surface area contributed by atoms with E-state index in [4.69, 9.17) is 25.8 Å². The summed E-state index contributed by atoms with van der Waals surface area (Å²) in [5, 5.41) is 7.84. The summed E-state index contributed by atoms with van der Waals surface area (Å²) in [5.41, 5.74) is 1.72. The van der Waals surface area contributed by atoms with Crippen LogP contribution in [0, 0.1) is 0 Å². The van der Waals surface area contributed by atoms with Crippen LogP contribution in [0.15, 0.2) is 30.5 Å². The molecule has 0 bridgehead atoms. The van der Waals surface area contributed by atoms with Gasteiger partial charge in [0.05, 0.1) is 25.2 Å². The largest absolute Gasteiger partial charge is 0.465 e. The number of pyridine rings is 1. The molecule has 1 amide bonds. The van der Waals surface area contributed by atoms with Gasteiger partial charge in [0.15, 0.2) is 0 Å². The van der Waals surface area contributed by atoms with Crippen LogP contribution in [0.5, 0.6) is 0 Å². The fraction of sp³-hybridized carbons (Fsp3) is 0.577. The number of fused-ring (bicyclic) bond motifs is 1. The van der Waals surface area contributed by atoms with Crippen molar-refractivity contribution in [2.45, 2.75) is 27.2 Å². The van der Waals surface area contributed by atoms with E-state index >= 15 is 0 Å². The Hall–Kier alpha value is -2.50. The zero-order valence-corrected chi connectivity index (χ0v) is 22.9. The lowest BCUT2D eigenvalue weighted by molar-refractivity contribution is -0.144. The third-order valence-corrected chi connectivity index (χ3v) is 5.63. The summed E-state index contributed by atoms with van der Waals surface area (Å²) in [5.74, 6) is -0.500. The molecule has 2 N–H and O–H groups in total. The summed E-state index contributed by atoms with van der Waals surface area (Å²) in [4.78, 5) is 32.9. The molecule has 0 unspecified atom stereocenters. The minimum absolute atomic E-state index is 0.0575. The molecule has 0 spiro atoms. The molecule has 37 heavy (non-hydrogen) atoms. The van der Waals surface area contributed by atoms with Crippen molar-refractivity contribution in [2.24, 2.45) is 0 Å². The summed E-state index contributed by atoms with van der Waals surface area (Å²) in [6.45, 7) is 10.6. The van der Waals surface area contributed by atoms with Gasteiger partial charge in [-0.25, -0.2) is 0 Å². The van der Waals surface area contributed by atoms with Gasteiger partial charge in [0.25, 0.3) is 0 Å². The molecular weight excluding hydrogens is 498 g/mol. The molecule has 0 saturated carbocycles. The SMILES string of the molecule is CCOCN(CCCN(CC(=O)NCCNc1ccnc2cc(Cl)ccc12)CC(=O)OCC)COCC. The topological polar surface area (TPSA) is 105 Å². The number of benzene rings is 1. The number of carbonyl (C=O) groups excluding carboxylic acids is 2. The van der Waals surface area contributed by atoms with Crippen LogP contribution < -0.4 is 10.6 Å². The summed E-state index contributed by atoms with van der Waals surface area (Å²) in [6, 6.07) is 7.45. The van der Waals surface area contributed by atoms with Crippen molar-refractivity contribution in [3.8, 4) is 0 Å². The highest BCUT2D eigenvalue weighted by molar-refractivity contribution is 6.31. The third kappa shape index (κ3) is 12.1. The summed E-state index contributed by atoms with van der Waals surface area (Å²) in [6.07, 6.45) is 2.46. The molecule has 11 heteroatoms. The van der Waals surface area contributed by atoms with E-state index < -0.39 is 0 Å². The number of amides is 1.